The Bertz CT molecular complexity index is 595. The summed E-state index contributed by atoms with van der Waals surface area (Å²) in [6, 6.07) is 19.0. The van der Waals surface area contributed by atoms with Crippen LogP contribution in [-0.2, 0) is 5.41 Å². The third-order valence-corrected chi connectivity index (χ3v) is 5.02. The van der Waals surface area contributed by atoms with Crippen molar-refractivity contribution < 1.29 is 4.74 Å². The van der Waals surface area contributed by atoms with Crippen molar-refractivity contribution in [1.29, 1.82) is 0 Å². The Morgan fingerprint density at radius 2 is 1.41 bits per heavy atom. The molecule has 0 radical (unpaired) electrons. The van der Waals surface area contributed by atoms with Gasteiger partial charge in [-0.15, -0.1) is 0 Å². The van der Waals surface area contributed by atoms with Crippen molar-refractivity contribution in [2.75, 3.05) is 6.61 Å². The molecule has 0 amide bonds. The first-order valence-corrected chi connectivity index (χ1v) is 8.08. The van der Waals surface area contributed by atoms with E-state index in [1.807, 2.05) is 18.2 Å². The van der Waals surface area contributed by atoms with Crippen LogP contribution < -0.4 is 4.74 Å². The Hall–Kier alpha value is -1.76. The van der Waals surface area contributed by atoms with Gasteiger partial charge in [0.05, 0.1) is 6.61 Å². The van der Waals surface area contributed by atoms with Crippen LogP contribution >= 0.6 is 0 Å². The fourth-order valence-electron chi connectivity index (χ4n) is 2.84. The molecule has 118 valence electrons. The van der Waals surface area contributed by atoms with Crippen LogP contribution in [0.1, 0.15) is 45.2 Å². The van der Waals surface area contributed by atoms with Crippen molar-refractivity contribution in [2.45, 2.75) is 46.5 Å². The molecule has 0 aromatic heterocycles. The van der Waals surface area contributed by atoms with Gasteiger partial charge in [-0.25, -0.2) is 0 Å². The predicted octanol–water partition coefficient (Wildman–Crippen LogP) is 5.77. The zero-order valence-corrected chi connectivity index (χ0v) is 14.5. The number of hydrogen-bond donors (Lipinski definition) is 0. The van der Waals surface area contributed by atoms with Crippen molar-refractivity contribution in [3.05, 3.63) is 65.7 Å². The summed E-state index contributed by atoms with van der Waals surface area (Å²) in [4.78, 5) is 0. The summed E-state index contributed by atoms with van der Waals surface area (Å²) in [6.45, 7) is 12.1. The lowest BCUT2D eigenvalue weighted by atomic mass is 9.62. The van der Waals surface area contributed by atoms with Crippen LogP contribution in [0.4, 0.5) is 0 Å². The van der Waals surface area contributed by atoms with Gasteiger partial charge in [0, 0.05) is 5.41 Å². The van der Waals surface area contributed by atoms with Crippen LogP contribution in [0.5, 0.6) is 5.75 Å². The van der Waals surface area contributed by atoms with Crippen molar-refractivity contribution in [3.8, 4) is 5.75 Å². The van der Waals surface area contributed by atoms with Gasteiger partial charge >= 0.3 is 0 Å². The molecule has 1 nitrogen and oxygen atoms in total. The number of benzene rings is 2. The van der Waals surface area contributed by atoms with Gasteiger partial charge < -0.3 is 4.74 Å². The molecule has 0 fully saturated rings. The minimum Gasteiger partial charge on any atom is -0.493 e. The van der Waals surface area contributed by atoms with E-state index in [0.29, 0.717) is 0 Å². The van der Waals surface area contributed by atoms with Crippen LogP contribution in [0.15, 0.2) is 54.6 Å². The molecular formula is C21H28O. The van der Waals surface area contributed by atoms with E-state index in [1.165, 1.54) is 11.1 Å². The molecule has 0 aliphatic carbocycles. The molecule has 0 aliphatic heterocycles. The SMILES string of the molecule is Cc1ccccc1OCC[C@](C)(c1ccccc1)C(C)(C)C. The second kappa shape index (κ2) is 6.56. The lowest BCUT2D eigenvalue weighted by molar-refractivity contribution is 0.154. The van der Waals surface area contributed by atoms with E-state index in [9.17, 15) is 0 Å². The van der Waals surface area contributed by atoms with E-state index in [2.05, 4.69) is 71.0 Å². The third-order valence-electron chi connectivity index (χ3n) is 5.02. The maximum absolute atomic E-state index is 6.05. The van der Waals surface area contributed by atoms with Gasteiger partial charge in [0.25, 0.3) is 0 Å². The highest BCUT2D eigenvalue weighted by Crippen LogP contribution is 2.44. The van der Waals surface area contributed by atoms with Crippen LogP contribution in [0.2, 0.25) is 0 Å². The lowest BCUT2D eigenvalue weighted by Gasteiger charge is -2.42. The van der Waals surface area contributed by atoms with Crippen LogP contribution in [0.25, 0.3) is 0 Å². The van der Waals surface area contributed by atoms with Crippen LogP contribution in [0.3, 0.4) is 0 Å². The van der Waals surface area contributed by atoms with Gasteiger partial charge in [-0.2, -0.15) is 0 Å². The van der Waals surface area contributed by atoms with Gasteiger partial charge in [0.1, 0.15) is 5.75 Å². The van der Waals surface area contributed by atoms with E-state index in [-0.39, 0.29) is 10.8 Å². The molecule has 2 aromatic carbocycles. The average molecular weight is 296 g/mol. The van der Waals surface area contributed by atoms with Crippen molar-refractivity contribution in [2.24, 2.45) is 5.41 Å². The van der Waals surface area contributed by atoms with Crippen LogP contribution in [-0.4, -0.2) is 6.61 Å². The Morgan fingerprint density at radius 1 is 0.818 bits per heavy atom. The summed E-state index contributed by atoms with van der Waals surface area (Å²) < 4.78 is 6.05. The smallest absolute Gasteiger partial charge is 0.122 e. The monoisotopic (exact) mass is 296 g/mol. The molecule has 0 bridgehead atoms. The van der Waals surface area contributed by atoms with E-state index in [4.69, 9.17) is 4.74 Å². The van der Waals surface area contributed by atoms with Crippen molar-refractivity contribution >= 4 is 0 Å². The highest BCUT2D eigenvalue weighted by molar-refractivity contribution is 5.32. The van der Waals surface area contributed by atoms with Gasteiger partial charge in [0.2, 0.25) is 0 Å². The first-order chi connectivity index (χ1) is 10.3. The molecule has 0 aliphatic rings. The molecule has 2 aromatic rings. The fraction of sp³-hybridized carbons (Fsp3) is 0.429. The average Bonchev–Trinajstić information content (AvgIpc) is 2.49. The molecule has 22 heavy (non-hydrogen) atoms. The van der Waals surface area contributed by atoms with Gasteiger partial charge in [-0.05, 0) is 36.0 Å². The first-order valence-electron chi connectivity index (χ1n) is 8.08. The third kappa shape index (κ3) is 3.52. The molecular weight excluding hydrogens is 268 g/mol. The Labute approximate surface area is 135 Å². The maximum atomic E-state index is 6.05. The molecule has 2 rings (SSSR count). The molecule has 0 saturated carbocycles. The zero-order valence-electron chi connectivity index (χ0n) is 14.5. The number of ether oxygens (including phenoxy) is 1. The van der Waals surface area contributed by atoms with E-state index in [0.717, 1.165) is 18.8 Å². The maximum Gasteiger partial charge on any atom is 0.122 e. The summed E-state index contributed by atoms with van der Waals surface area (Å²) in [5.41, 5.74) is 2.83. The van der Waals surface area contributed by atoms with E-state index >= 15 is 0 Å². The van der Waals surface area contributed by atoms with Crippen molar-refractivity contribution in [1.82, 2.24) is 0 Å². The largest absolute Gasteiger partial charge is 0.493 e. The fourth-order valence-corrected chi connectivity index (χ4v) is 2.84. The molecule has 0 spiro atoms. The summed E-state index contributed by atoms with van der Waals surface area (Å²) in [5.74, 6) is 0.992. The highest BCUT2D eigenvalue weighted by atomic mass is 16.5. The Morgan fingerprint density at radius 3 is 2.00 bits per heavy atom. The summed E-state index contributed by atoms with van der Waals surface area (Å²) in [6.07, 6.45) is 0.995. The molecule has 0 saturated heterocycles. The summed E-state index contributed by atoms with van der Waals surface area (Å²) >= 11 is 0. The number of rotatable bonds is 5. The second-order valence-electron chi connectivity index (χ2n) is 7.31. The quantitative estimate of drug-likeness (QED) is 0.680. The first kappa shape index (κ1) is 16.6. The van der Waals surface area contributed by atoms with Crippen molar-refractivity contribution in [3.63, 3.8) is 0 Å². The second-order valence-corrected chi connectivity index (χ2v) is 7.31. The number of hydrogen-bond acceptors (Lipinski definition) is 1. The molecule has 0 heterocycles. The van der Waals surface area contributed by atoms with Gasteiger partial charge in [-0.1, -0.05) is 76.2 Å². The topological polar surface area (TPSA) is 9.23 Å². The molecule has 1 atom stereocenters. The minimum atomic E-state index is 0.0803. The Balaban J connectivity index is 2.14. The van der Waals surface area contributed by atoms with Gasteiger partial charge in [0.15, 0.2) is 0 Å². The van der Waals surface area contributed by atoms with Crippen LogP contribution in [0, 0.1) is 12.3 Å². The summed E-state index contributed by atoms with van der Waals surface area (Å²) in [7, 11) is 0. The summed E-state index contributed by atoms with van der Waals surface area (Å²) in [5, 5.41) is 0. The number of para-hydroxylation sites is 1. The normalized spacial score (nSPS) is 14.4. The standard InChI is InChI=1S/C21H28O/c1-17-11-9-10-14-19(17)22-16-15-21(5,20(2,3)4)18-12-7-6-8-13-18/h6-14H,15-16H2,1-5H3/t21-/m1/s1. The molecule has 0 N–H and O–H groups in total. The molecule has 0 unspecified atom stereocenters. The number of aryl methyl sites for hydroxylation is 1. The highest BCUT2D eigenvalue weighted by Gasteiger charge is 2.38. The Kier molecular flexibility index (Phi) is 4.95. The van der Waals surface area contributed by atoms with E-state index < -0.39 is 0 Å². The zero-order chi connectivity index (χ0) is 16.2. The lowest BCUT2D eigenvalue weighted by Crippen LogP contribution is -2.38. The molecule has 1 heteroatoms. The minimum absolute atomic E-state index is 0.0803. The van der Waals surface area contributed by atoms with E-state index in [1.54, 1.807) is 0 Å². The van der Waals surface area contributed by atoms with Gasteiger partial charge in [-0.3, -0.25) is 0 Å². The predicted molar refractivity (Wildman–Crippen MR) is 94.5 cm³/mol.